The smallest absolute Gasteiger partial charge is 0.0600 e. The quantitative estimate of drug-likeness (QED) is 0.736. The molecule has 0 bridgehead atoms. The Morgan fingerprint density at radius 3 is 2.93 bits per heavy atom. The van der Waals surface area contributed by atoms with Crippen molar-refractivity contribution >= 4 is 11.4 Å². The molecule has 0 spiro atoms. The molecule has 15 heavy (non-hydrogen) atoms. The molecule has 1 saturated heterocycles. The molecule has 0 aliphatic carbocycles. The van der Waals surface area contributed by atoms with E-state index in [1.165, 1.54) is 0 Å². The second kappa shape index (κ2) is 4.53. The summed E-state index contributed by atoms with van der Waals surface area (Å²) in [6, 6.07) is 7.98. The minimum absolute atomic E-state index is 0.294. The van der Waals surface area contributed by atoms with Crippen LogP contribution >= 0.6 is 0 Å². The first-order valence-electron chi connectivity index (χ1n) is 5.51. The first kappa shape index (κ1) is 10.3. The van der Waals surface area contributed by atoms with Gasteiger partial charge in [-0.2, -0.15) is 0 Å². The monoisotopic (exact) mass is 206 g/mol. The molecular formula is C12H18N2O. The summed E-state index contributed by atoms with van der Waals surface area (Å²) in [6.07, 6.45) is 2.07. The van der Waals surface area contributed by atoms with Crippen LogP contribution in [0.5, 0.6) is 0 Å². The van der Waals surface area contributed by atoms with Gasteiger partial charge >= 0.3 is 0 Å². The highest BCUT2D eigenvalue weighted by Crippen LogP contribution is 2.29. The summed E-state index contributed by atoms with van der Waals surface area (Å²) in [5, 5.41) is 8.89. The molecule has 1 heterocycles. The Hall–Kier alpha value is -1.22. The first-order chi connectivity index (χ1) is 7.31. The summed E-state index contributed by atoms with van der Waals surface area (Å²) in [5.74, 6) is 0.620. The van der Waals surface area contributed by atoms with E-state index in [-0.39, 0.29) is 0 Å². The van der Waals surface area contributed by atoms with Crippen molar-refractivity contribution in [3.05, 3.63) is 24.3 Å². The van der Waals surface area contributed by atoms with E-state index in [9.17, 15) is 0 Å². The lowest BCUT2D eigenvalue weighted by atomic mass is 10.1. The lowest BCUT2D eigenvalue weighted by molar-refractivity contribution is 0.263. The van der Waals surface area contributed by atoms with Crippen LogP contribution in [0.1, 0.15) is 12.8 Å². The zero-order valence-electron chi connectivity index (χ0n) is 8.89. The maximum absolute atomic E-state index is 8.89. The minimum Gasteiger partial charge on any atom is -0.397 e. The number of anilines is 2. The Kier molecular flexibility index (Phi) is 3.11. The summed E-state index contributed by atoms with van der Waals surface area (Å²) in [5.41, 5.74) is 7.91. The van der Waals surface area contributed by atoms with E-state index in [1.807, 2.05) is 18.2 Å². The third kappa shape index (κ3) is 2.23. The molecule has 1 aromatic carbocycles. The fourth-order valence-electron chi connectivity index (χ4n) is 2.25. The van der Waals surface area contributed by atoms with Crippen molar-refractivity contribution < 1.29 is 5.11 Å². The van der Waals surface area contributed by atoms with Crippen LogP contribution in [0.25, 0.3) is 0 Å². The normalized spacial score (nSPS) is 20.9. The van der Waals surface area contributed by atoms with Gasteiger partial charge in [-0.05, 0) is 30.9 Å². The van der Waals surface area contributed by atoms with Crippen molar-refractivity contribution in [2.24, 2.45) is 5.92 Å². The number of rotatable bonds is 3. The van der Waals surface area contributed by atoms with Crippen molar-refractivity contribution in [2.75, 3.05) is 30.3 Å². The summed E-state index contributed by atoms with van der Waals surface area (Å²) >= 11 is 0. The van der Waals surface area contributed by atoms with Gasteiger partial charge in [-0.15, -0.1) is 0 Å². The lowest BCUT2D eigenvalue weighted by Crippen LogP contribution is -2.20. The van der Waals surface area contributed by atoms with Crippen molar-refractivity contribution in [3.8, 4) is 0 Å². The number of nitrogens with two attached hydrogens (primary N) is 1. The summed E-state index contributed by atoms with van der Waals surface area (Å²) < 4.78 is 0. The highest BCUT2D eigenvalue weighted by molar-refractivity contribution is 5.67. The molecule has 3 N–H and O–H groups in total. The SMILES string of the molecule is Nc1ccccc1N1CCC(CCO)C1. The summed E-state index contributed by atoms with van der Waals surface area (Å²) in [7, 11) is 0. The van der Waals surface area contributed by atoms with Crippen molar-refractivity contribution in [1.29, 1.82) is 0 Å². The van der Waals surface area contributed by atoms with E-state index in [2.05, 4.69) is 11.0 Å². The molecule has 3 heteroatoms. The molecule has 1 atom stereocenters. The van der Waals surface area contributed by atoms with Gasteiger partial charge in [0.2, 0.25) is 0 Å². The lowest BCUT2D eigenvalue weighted by Gasteiger charge is -2.20. The Morgan fingerprint density at radius 1 is 1.40 bits per heavy atom. The molecule has 0 saturated carbocycles. The molecule has 0 radical (unpaired) electrons. The van der Waals surface area contributed by atoms with Gasteiger partial charge in [-0.1, -0.05) is 12.1 Å². The van der Waals surface area contributed by atoms with Crippen LogP contribution in [-0.2, 0) is 0 Å². The first-order valence-corrected chi connectivity index (χ1v) is 5.51. The predicted octanol–water partition coefficient (Wildman–Crippen LogP) is 1.48. The third-order valence-electron chi connectivity index (χ3n) is 3.10. The molecule has 82 valence electrons. The number of hydrogen-bond acceptors (Lipinski definition) is 3. The van der Waals surface area contributed by atoms with Crippen molar-refractivity contribution in [3.63, 3.8) is 0 Å². The van der Waals surface area contributed by atoms with Crippen LogP contribution in [-0.4, -0.2) is 24.8 Å². The molecule has 0 aromatic heterocycles. The second-order valence-electron chi connectivity index (χ2n) is 4.17. The van der Waals surface area contributed by atoms with E-state index in [1.54, 1.807) is 0 Å². The molecule has 0 amide bonds. The van der Waals surface area contributed by atoms with Crippen molar-refractivity contribution in [2.45, 2.75) is 12.8 Å². The molecule has 1 aliphatic heterocycles. The standard InChI is InChI=1S/C12H18N2O/c13-11-3-1-2-4-12(11)14-7-5-10(9-14)6-8-15/h1-4,10,15H,5-9,13H2. The summed E-state index contributed by atoms with van der Waals surface area (Å²) in [6.45, 7) is 2.37. The molecule has 1 fully saturated rings. The van der Waals surface area contributed by atoms with Gasteiger partial charge in [0, 0.05) is 19.7 Å². The molecule has 1 unspecified atom stereocenters. The van der Waals surface area contributed by atoms with E-state index in [0.29, 0.717) is 12.5 Å². The van der Waals surface area contributed by atoms with E-state index < -0.39 is 0 Å². The maximum atomic E-state index is 8.89. The predicted molar refractivity (Wildman–Crippen MR) is 62.9 cm³/mol. The number of para-hydroxylation sites is 2. The fourth-order valence-corrected chi connectivity index (χ4v) is 2.25. The average molecular weight is 206 g/mol. The number of hydrogen-bond donors (Lipinski definition) is 2. The zero-order chi connectivity index (χ0) is 10.7. The van der Waals surface area contributed by atoms with Crippen LogP contribution in [0.2, 0.25) is 0 Å². The van der Waals surface area contributed by atoms with E-state index in [0.717, 1.165) is 37.3 Å². The topological polar surface area (TPSA) is 49.5 Å². The Labute approximate surface area is 90.5 Å². The van der Waals surface area contributed by atoms with Gasteiger partial charge in [0.05, 0.1) is 11.4 Å². The molecule has 2 rings (SSSR count). The van der Waals surface area contributed by atoms with Crippen LogP contribution in [0.4, 0.5) is 11.4 Å². The number of nitrogens with zero attached hydrogens (tertiary/aromatic N) is 1. The Morgan fingerprint density at radius 2 is 2.20 bits per heavy atom. The van der Waals surface area contributed by atoms with Crippen molar-refractivity contribution in [1.82, 2.24) is 0 Å². The Bertz CT molecular complexity index is 327. The molecular weight excluding hydrogens is 188 g/mol. The molecule has 3 nitrogen and oxygen atoms in total. The van der Waals surface area contributed by atoms with Gasteiger partial charge in [-0.25, -0.2) is 0 Å². The van der Waals surface area contributed by atoms with Crippen LogP contribution in [0.3, 0.4) is 0 Å². The molecule has 1 aliphatic rings. The minimum atomic E-state index is 0.294. The fraction of sp³-hybridized carbons (Fsp3) is 0.500. The number of benzene rings is 1. The largest absolute Gasteiger partial charge is 0.397 e. The van der Waals surface area contributed by atoms with Crippen LogP contribution < -0.4 is 10.6 Å². The Balaban J connectivity index is 2.04. The van der Waals surface area contributed by atoms with Crippen LogP contribution in [0, 0.1) is 5.92 Å². The van der Waals surface area contributed by atoms with Gasteiger partial charge in [0.1, 0.15) is 0 Å². The van der Waals surface area contributed by atoms with Gasteiger partial charge in [-0.3, -0.25) is 0 Å². The number of aliphatic hydroxyl groups is 1. The highest BCUT2D eigenvalue weighted by Gasteiger charge is 2.22. The number of aliphatic hydroxyl groups excluding tert-OH is 1. The van der Waals surface area contributed by atoms with Gasteiger partial charge in [0.25, 0.3) is 0 Å². The second-order valence-corrected chi connectivity index (χ2v) is 4.17. The molecule has 1 aromatic rings. The summed E-state index contributed by atoms with van der Waals surface area (Å²) in [4.78, 5) is 2.32. The average Bonchev–Trinajstić information content (AvgIpc) is 2.68. The van der Waals surface area contributed by atoms with E-state index in [4.69, 9.17) is 10.8 Å². The zero-order valence-corrected chi connectivity index (χ0v) is 8.89. The van der Waals surface area contributed by atoms with E-state index >= 15 is 0 Å². The van der Waals surface area contributed by atoms with Crippen LogP contribution in [0.15, 0.2) is 24.3 Å². The van der Waals surface area contributed by atoms with Gasteiger partial charge in [0.15, 0.2) is 0 Å². The highest BCUT2D eigenvalue weighted by atomic mass is 16.3. The third-order valence-corrected chi connectivity index (χ3v) is 3.10. The maximum Gasteiger partial charge on any atom is 0.0600 e. The number of nitrogen functional groups attached to an aromatic ring is 1. The van der Waals surface area contributed by atoms with Gasteiger partial charge < -0.3 is 15.7 Å².